The van der Waals surface area contributed by atoms with Crippen LogP contribution in [0.1, 0.15) is 5.56 Å². The van der Waals surface area contributed by atoms with Crippen molar-refractivity contribution in [2.75, 3.05) is 0 Å². The molecule has 2 heteroatoms. The number of hydrogen-bond acceptors (Lipinski definition) is 1. The standard InChI is InChI=1S/C14H11N2/c1-11-7-8-14-15-13(10-16(14)9-11)12-5-3-2-4-6-12/h2-9H,1H3. The van der Waals surface area contributed by atoms with E-state index < -0.39 is 0 Å². The van der Waals surface area contributed by atoms with Crippen molar-refractivity contribution in [3.8, 4) is 11.3 Å². The highest BCUT2D eigenvalue weighted by Gasteiger charge is 2.03. The predicted octanol–water partition coefficient (Wildman–Crippen LogP) is 3.11. The Morgan fingerprint density at radius 2 is 1.88 bits per heavy atom. The van der Waals surface area contributed by atoms with E-state index in [-0.39, 0.29) is 0 Å². The Hall–Kier alpha value is -2.09. The van der Waals surface area contributed by atoms with Crippen LogP contribution >= 0.6 is 0 Å². The van der Waals surface area contributed by atoms with Crippen LogP contribution in [0.15, 0.2) is 48.7 Å². The largest absolute Gasteiger partial charge is 0.297 e. The third kappa shape index (κ3) is 1.48. The van der Waals surface area contributed by atoms with Gasteiger partial charge in [-0.3, -0.25) is 4.40 Å². The predicted molar refractivity (Wildman–Crippen MR) is 64.2 cm³/mol. The molecule has 0 amide bonds. The maximum absolute atomic E-state index is 4.53. The van der Waals surface area contributed by atoms with Crippen molar-refractivity contribution in [2.24, 2.45) is 0 Å². The Labute approximate surface area is 94.2 Å². The number of aryl methyl sites for hydroxylation is 1. The van der Waals surface area contributed by atoms with Crippen LogP contribution in [0.25, 0.3) is 16.9 Å². The number of benzene rings is 1. The average molecular weight is 207 g/mol. The summed E-state index contributed by atoms with van der Waals surface area (Å²) in [6.45, 7) is 2.06. The number of imidazole rings is 1. The Morgan fingerprint density at radius 1 is 1.06 bits per heavy atom. The lowest BCUT2D eigenvalue weighted by molar-refractivity contribution is 1.15. The summed E-state index contributed by atoms with van der Waals surface area (Å²) >= 11 is 0. The molecule has 0 unspecified atom stereocenters. The zero-order chi connectivity index (χ0) is 11.0. The molecule has 16 heavy (non-hydrogen) atoms. The van der Waals surface area contributed by atoms with E-state index in [9.17, 15) is 0 Å². The molecule has 1 aromatic carbocycles. The van der Waals surface area contributed by atoms with Crippen molar-refractivity contribution >= 4 is 5.65 Å². The molecule has 2 aromatic heterocycles. The van der Waals surface area contributed by atoms with Crippen molar-refractivity contribution < 1.29 is 0 Å². The molecule has 0 saturated carbocycles. The molecule has 0 bridgehead atoms. The summed E-state index contributed by atoms with van der Waals surface area (Å²) < 4.78 is 1.94. The summed E-state index contributed by atoms with van der Waals surface area (Å²) in [7, 11) is 0. The Morgan fingerprint density at radius 3 is 2.69 bits per heavy atom. The van der Waals surface area contributed by atoms with Crippen LogP contribution in [0.4, 0.5) is 0 Å². The molecular weight excluding hydrogens is 196 g/mol. The van der Waals surface area contributed by atoms with Crippen molar-refractivity contribution in [1.29, 1.82) is 0 Å². The van der Waals surface area contributed by atoms with E-state index in [0.717, 1.165) is 16.9 Å². The first-order valence-corrected chi connectivity index (χ1v) is 5.26. The molecule has 3 rings (SSSR count). The topological polar surface area (TPSA) is 17.3 Å². The van der Waals surface area contributed by atoms with Gasteiger partial charge < -0.3 is 0 Å². The summed E-state index contributed by atoms with van der Waals surface area (Å²) in [5.74, 6) is 0. The monoisotopic (exact) mass is 207 g/mol. The normalized spacial score (nSPS) is 10.8. The smallest absolute Gasteiger partial charge is 0.138 e. The minimum atomic E-state index is 0.895. The second kappa shape index (κ2) is 3.49. The van der Waals surface area contributed by atoms with Crippen LogP contribution in [-0.2, 0) is 0 Å². The van der Waals surface area contributed by atoms with Crippen LogP contribution in [0.3, 0.4) is 0 Å². The second-order valence-electron chi connectivity index (χ2n) is 3.87. The highest BCUT2D eigenvalue weighted by atomic mass is 15.0. The minimum absolute atomic E-state index is 0.895. The fourth-order valence-electron chi connectivity index (χ4n) is 1.76. The number of pyridine rings is 1. The van der Waals surface area contributed by atoms with Gasteiger partial charge >= 0.3 is 0 Å². The van der Waals surface area contributed by atoms with Crippen LogP contribution in [0, 0.1) is 13.1 Å². The molecule has 0 atom stereocenters. The molecule has 1 radical (unpaired) electrons. The zero-order valence-corrected chi connectivity index (χ0v) is 9.01. The summed E-state index contributed by atoms with van der Waals surface area (Å²) in [5.41, 5.74) is 4.14. The van der Waals surface area contributed by atoms with Crippen LogP contribution in [-0.4, -0.2) is 9.38 Å². The molecule has 77 valence electrons. The third-order valence-electron chi connectivity index (χ3n) is 2.57. The number of aromatic nitrogens is 2. The van der Waals surface area contributed by atoms with Gasteiger partial charge in [0.15, 0.2) is 0 Å². The first-order chi connectivity index (χ1) is 7.83. The molecule has 0 aliphatic rings. The molecule has 0 spiro atoms. The molecule has 0 aliphatic carbocycles. The highest BCUT2D eigenvalue weighted by Crippen LogP contribution is 2.18. The minimum Gasteiger partial charge on any atom is -0.297 e. The lowest BCUT2D eigenvalue weighted by Crippen LogP contribution is -1.82. The van der Waals surface area contributed by atoms with Gasteiger partial charge in [-0.25, -0.2) is 4.98 Å². The van der Waals surface area contributed by atoms with Gasteiger partial charge in [0.1, 0.15) is 5.65 Å². The summed E-state index contributed by atoms with van der Waals surface area (Å²) in [6.07, 6.45) is 5.29. The molecule has 0 fully saturated rings. The first-order valence-electron chi connectivity index (χ1n) is 5.26. The average Bonchev–Trinajstić information content (AvgIpc) is 2.73. The van der Waals surface area contributed by atoms with Crippen LogP contribution in [0.5, 0.6) is 0 Å². The van der Waals surface area contributed by atoms with Crippen molar-refractivity contribution in [2.45, 2.75) is 6.92 Å². The maximum atomic E-state index is 4.53. The number of nitrogens with zero attached hydrogens (tertiary/aromatic N) is 2. The molecule has 2 nitrogen and oxygen atoms in total. The van der Waals surface area contributed by atoms with E-state index in [0.29, 0.717) is 0 Å². The van der Waals surface area contributed by atoms with Gasteiger partial charge in [0, 0.05) is 11.8 Å². The van der Waals surface area contributed by atoms with E-state index in [1.54, 1.807) is 0 Å². The van der Waals surface area contributed by atoms with Crippen LogP contribution in [0.2, 0.25) is 0 Å². The van der Waals surface area contributed by atoms with Gasteiger partial charge in [0.05, 0.1) is 11.9 Å². The lowest BCUT2D eigenvalue weighted by atomic mass is 10.2. The fraction of sp³-hybridized carbons (Fsp3) is 0.0714. The van der Waals surface area contributed by atoms with Gasteiger partial charge in [-0.2, -0.15) is 0 Å². The highest BCUT2D eigenvalue weighted by molar-refractivity contribution is 5.61. The molecular formula is C14H11N2. The van der Waals surface area contributed by atoms with E-state index in [1.165, 1.54) is 5.56 Å². The summed E-state index contributed by atoms with van der Waals surface area (Å²) in [5, 5.41) is 0. The van der Waals surface area contributed by atoms with Gasteiger partial charge in [-0.1, -0.05) is 36.4 Å². The third-order valence-corrected chi connectivity index (χ3v) is 2.57. The van der Waals surface area contributed by atoms with E-state index >= 15 is 0 Å². The Bertz CT molecular complexity index is 624. The Kier molecular flexibility index (Phi) is 2.00. The van der Waals surface area contributed by atoms with Crippen molar-refractivity contribution in [3.05, 3.63) is 60.4 Å². The number of fused-ring (bicyclic) bond motifs is 1. The van der Waals surface area contributed by atoms with Gasteiger partial charge in [-0.15, -0.1) is 0 Å². The van der Waals surface area contributed by atoms with Crippen LogP contribution < -0.4 is 0 Å². The summed E-state index contributed by atoms with van der Waals surface area (Å²) in [6, 6.07) is 14.2. The lowest BCUT2D eigenvalue weighted by Gasteiger charge is -1.92. The zero-order valence-electron chi connectivity index (χ0n) is 9.01. The second-order valence-corrected chi connectivity index (χ2v) is 3.87. The Balaban J connectivity index is 2.19. The van der Waals surface area contributed by atoms with Gasteiger partial charge in [0.25, 0.3) is 0 Å². The van der Waals surface area contributed by atoms with Crippen molar-refractivity contribution in [3.63, 3.8) is 0 Å². The molecule has 0 aliphatic heterocycles. The number of rotatable bonds is 1. The fourth-order valence-corrected chi connectivity index (χ4v) is 1.76. The summed E-state index contributed by atoms with van der Waals surface area (Å²) in [4.78, 5) is 4.53. The van der Waals surface area contributed by atoms with Gasteiger partial charge in [0.2, 0.25) is 0 Å². The van der Waals surface area contributed by atoms with Crippen molar-refractivity contribution in [1.82, 2.24) is 9.38 Å². The van der Waals surface area contributed by atoms with E-state index in [4.69, 9.17) is 0 Å². The van der Waals surface area contributed by atoms with E-state index in [2.05, 4.69) is 24.2 Å². The quantitative estimate of drug-likeness (QED) is 0.599. The maximum Gasteiger partial charge on any atom is 0.138 e. The SMILES string of the molecule is Cc1ccc2nc(-c3ccccc3)[c]n2c1. The van der Waals surface area contributed by atoms with E-state index in [1.807, 2.05) is 47.0 Å². The van der Waals surface area contributed by atoms with Gasteiger partial charge in [-0.05, 0) is 18.6 Å². The molecule has 3 aromatic rings. The number of hydrogen-bond donors (Lipinski definition) is 0. The molecule has 2 heterocycles. The molecule has 0 saturated heterocycles. The first kappa shape index (κ1) is 9.16. The molecule has 0 N–H and O–H groups in total.